The zero-order valence-electron chi connectivity index (χ0n) is 18.1. The number of rotatable bonds is 10. The lowest BCUT2D eigenvalue weighted by molar-refractivity contribution is -0.118. The molecular weight excluding hydrogens is 408 g/mol. The number of amides is 2. The van der Waals surface area contributed by atoms with Gasteiger partial charge in [0.1, 0.15) is 17.2 Å². The Balaban J connectivity index is 1.47. The summed E-state index contributed by atoms with van der Waals surface area (Å²) in [6, 6.07) is 21.7. The van der Waals surface area contributed by atoms with Crippen molar-refractivity contribution in [3.05, 3.63) is 83.9 Å². The highest BCUT2D eigenvalue weighted by Crippen LogP contribution is 2.28. The van der Waals surface area contributed by atoms with Gasteiger partial charge in [-0.25, -0.2) is 0 Å². The van der Waals surface area contributed by atoms with Crippen LogP contribution in [0.1, 0.15) is 15.9 Å². The van der Waals surface area contributed by atoms with Gasteiger partial charge in [-0.15, -0.1) is 0 Å². The summed E-state index contributed by atoms with van der Waals surface area (Å²) >= 11 is 0. The second kappa shape index (κ2) is 11.4. The summed E-state index contributed by atoms with van der Waals surface area (Å²) in [5, 5.41) is 5.64. The largest absolute Gasteiger partial charge is 0.497 e. The molecular formula is C25H26N2O5. The molecule has 0 aliphatic carbocycles. The van der Waals surface area contributed by atoms with Crippen molar-refractivity contribution >= 4 is 17.5 Å². The average molecular weight is 434 g/mol. The van der Waals surface area contributed by atoms with Crippen LogP contribution in [0.4, 0.5) is 5.69 Å². The van der Waals surface area contributed by atoms with E-state index < -0.39 is 0 Å². The molecule has 3 rings (SSSR count). The first-order valence-corrected chi connectivity index (χ1v) is 10.2. The number of carbonyl (C=O) groups excluding carboxylic acids is 2. The van der Waals surface area contributed by atoms with E-state index in [-0.39, 0.29) is 18.4 Å². The molecule has 32 heavy (non-hydrogen) atoms. The van der Waals surface area contributed by atoms with Gasteiger partial charge in [0.25, 0.3) is 11.8 Å². The number of methoxy groups -OCH3 is 2. The van der Waals surface area contributed by atoms with Gasteiger partial charge in [0.05, 0.1) is 19.9 Å². The number of anilines is 1. The van der Waals surface area contributed by atoms with Crippen molar-refractivity contribution in [1.29, 1.82) is 0 Å². The number of nitrogens with one attached hydrogen (secondary N) is 2. The fourth-order valence-electron chi connectivity index (χ4n) is 3.02. The van der Waals surface area contributed by atoms with Crippen LogP contribution < -0.4 is 24.8 Å². The molecule has 0 aliphatic rings. The summed E-state index contributed by atoms with van der Waals surface area (Å²) in [7, 11) is 3.07. The summed E-state index contributed by atoms with van der Waals surface area (Å²) in [6.45, 7) is 0.359. The summed E-state index contributed by atoms with van der Waals surface area (Å²) in [4.78, 5) is 24.6. The number of carbonyl (C=O) groups is 2. The van der Waals surface area contributed by atoms with E-state index in [1.165, 1.54) is 12.7 Å². The molecule has 3 aromatic rings. The highest BCUT2D eigenvalue weighted by Gasteiger charge is 2.11. The molecule has 0 fully saturated rings. The maximum Gasteiger partial charge on any atom is 0.262 e. The maximum absolute atomic E-state index is 12.3. The van der Waals surface area contributed by atoms with Gasteiger partial charge in [-0.3, -0.25) is 9.59 Å². The van der Waals surface area contributed by atoms with Crippen LogP contribution >= 0.6 is 0 Å². The molecule has 0 unspecified atom stereocenters. The predicted octanol–water partition coefficient (Wildman–Crippen LogP) is 3.69. The zero-order chi connectivity index (χ0) is 22.8. The molecule has 2 amide bonds. The van der Waals surface area contributed by atoms with Gasteiger partial charge < -0.3 is 24.8 Å². The molecule has 0 saturated carbocycles. The quantitative estimate of drug-likeness (QED) is 0.508. The molecule has 0 spiro atoms. The van der Waals surface area contributed by atoms with E-state index in [1.54, 1.807) is 49.6 Å². The van der Waals surface area contributed by atoms with E-state index in [0.29, 0.717) is 35.0 Å². The smallest absolute Gasteiger partial charge is 0.262 e. The van der Waals surface area contributed by atoms with E-state index in [1.807, 2.05) is 30.3 Å². The molecule has 0 radical (unpaired) electrons. The molecule has 166 valence electrons. The monoisotopic (exact) mass is 434 g/mol. The lowest BCUT2D eigenvalue weighted by atomic mass is 10.1. The first kappa shape index (κ1) is 22.7. The normalized spacial score (nSPS) is 10.2. The summed E-state index contributed by atoms with van der Waals surface area (Å²) < 4.78 is 15.9. The lowest BCUT2D eigenvalue weighted by Gasteiger charge is -2.12. The Morgan fingerprint density at radius 2 is 1.56 bits per heavy atom. The van der Waals surface area contributed by atoms with Crippen LogP contribution in [0.2, 0.25) is 0 Å². The highest BCUT2D eigenvalue weighted by atomic mass is 16.5. The third kappa shape index (κ3) is 6.50. The molecule has 7 nitrogen and oxygen atoms in total. The molecule has 0 aliphatic heterocycles. The third-order valence-electron chi connectivity index (χ3n) is 4.71. The van der Waals surface area contributed by atoms with Gasteiger partial charge >= 0.3 is 0 Å². The predicted molar refractivity (Wildman–Crippen MR) is 123 cm³/mol. The molecule has 0 atom stereocenters. The first-order valence-electron chi connectivity index (χ1n) is 10.2. The first-order chi connectivity index (χ1) is 15.6. The lowest BCUT2D eigenvalue weighted by Crippen LogP contribution is -2.25. The van der Waals surface area contributed by atoms with E-state index in [2.05, 4.69) is 10.6 Å². The second-order valence-corrected chi connectivity index (χ2v) is 6.92. The molecule has 0 aromatic heterocycles. The Morgan fingerprint density at radius 3 is 2.25 bits per heavy atom. The third-order valence-corrected chi connectivity index (χ3v) is 4.71. The minimum absolute atomic E-state index is 0.157. The van der Waals surface area contributed by atoms with E-state index in [9.17, 15) is 9.59 Å². The van der Waals surface area contributed by atoms with Crippen LogP contribution in [-0.2, 0) is 11.2 Å². The molecule has 0 saturated heterocycles. The van der Waals surface area contributed by atoms with Gasteiger partial charge in [-0.05, 0) is 48.4 Å². The van der Waals surface area contributed by atoms with Crippen molar-refractivity contribution in [2.45, 2.75) is 6.42 Å². The van der Waals surface area contributed by atoms with Crippen LogP contribution in [0.5, 0.6) is 17.2 Å². The topological polar surface area (TPSA) is 85.9 Å². The van der Waals surface area contributed by atoms with Crippen LogP contribution in [-0.4, -0.2) is 39.2 Å². The highest BCUT2D eigenvalue weighted by molar-refractivity contribution is 5.94. The van der Waals surface area contributed by atoms with Crippen molar-refractivity contribution in [3.63, 3.8) is 0 Å². The molecule has 7 heteroatoms. The van der Waals surface area contributed by atoms with Gasteiger partial charge in [0.2, 0.25) is 0 Å². The van der Waals surface area contributed by atoms with Gasteiger partial charge in [0.15, 0.2) is 6.61 Å². The number of benzene rings is 3. The summed E-state index contributed by atoms with van der Waals surface area (Å²) in [5.41, 5.74) is 2.18. The minimum atomic E-state index is -0.348. The standard InChI is InChI=1S/C25H26N2O5/c1-30-21-12-13-23(31-2)22(16-21)27-24(28)17-32-20-10-8-19(9-11-20)25(29)26-15-14-18-6-4-3-5-7-18/h3-13,16H,14-15,17H2,1-2H3,(H,26,29)(H,27,28). The van der Waals surface area contributed by atoms with Crippen molar-refractivity contribution in [1.82, 2.24) is 5.32 Å². The van der Waals surface area contributed by atoms with Crippen molar-refractivity contribution in [2.24, 2.45) is 0 Å². The molecule has 0 bridgehead atoms. The minimum Gasteiger partial charge on any atom is -0.497 e. The Labute approximate surface area is 187 Å². The van der Waals surface area contributed by atoms with Gasteiger partial charge in [-0.2, -0.15) is 0 Å². The SMILES string of the molecule is COc1ccc(OC)c(NC(=O)COc2ccc(C(=O)NCCc3ccccc3)cc2)c1. The molecule has 0 heterocycles. The number of hydrogen-bond acceptors (Lipinski definition) is 5. The van der Waals surface area contributed by atoms with Crippen LogP contribution in [0.25, 0.3) is 0 Å². The second-order valence-electron chi connectivity index (χ2n) is 6.92. The van der Waals surface area contributed by atoms with Crippen LogP contribution in [0, 0.1) is 0 Å². The van der Waals surface area contributed by atoms with Crippen LogP contribution in [0.15, 0.2) is 72.8 Å². The van der Waals surface area contributed by atoms with Crippen LogP contribution in [0.3, 0.4) is 0 Å². The Kier molecular flexibility index (Phi) is 8.09. The zero-order valence-corrected chi connectivity index (χ0v) is 18.1. The Hall–Kier alpha value is -4.00. The Bertz CT molecular complexity index is 1040. The van der Waals surface area contributed by atoms with E-state index >= 15 is 0 Å². The fraction of sp³-hybridized carbons (Fsp3) is 0.200. The fourth-order valence-corrected chi connectivity index (χ4v) is 3.02. The van der Waals surface area contributed by atoms with Crippen molar-refractivity contribution < 1.29 is 23.8 Å². The Morgan fingerprint density at radius 1 is 0.844 bits per heavy atom. The van der Waals surface area contributed by atoms with Gasteiger partial charge in [-0.1, -0.05) is 30.3 Å². The van der Waals surface area contributed by atoms with Gasteiger partial charge in [0, 0.05) is 18.2 Å². The van der Waals surface area contributed by atoms with E-state index in [0.717, 1.165) is 6.42 Å². The van der Waals surface area contributed by atoms with Crippen molar-refractivity contribution in [2.75, 3.05) is 32.7 Å². The number of ether oxygens (including phenoxy) is 3. The summed E-state index contributed by atoms with van der Waals surface area (Å²) in [6.07, 6.45) is 0.765. The average Bonchev–Trinajstić information content (AvgIpc) is 2.83. The molecule has 3 aromatic carbocycles. The molecule has 2 N–H and O–H groups in total. The van der Waals surface area contributed by atoms with Crippen molar-refractivity contribution in [3.8, 4) is 17.2 Å². The maximum atomic E-state index is 12.3. The summed E-state index contributed by atoms with van der Waals surface area (Å²) in [5.74, 6) is 1.09. The number of hydrogen-bond donors (Lipinski definition) is 2. The van der Waals surface area contributed by atoms with E-state index in [4.69, 9.17) is 14.2 Å².